The van der Waals surface area contributed by atoms with E-state index in [1.165, 1.54) is 21.1 Å². The highest BCUT2D eigenvalue weighted by molar-refractivity contribution is 6.66. The molecule has 0 aliphatic carbocycles. The van der Waals surface area contributed by atoms with Gasteiger partial charge >= 0.3 is 0 Å². The molecule has 0 N–H and O–H groups in total. The standard InChI is InChI=1S/C7H11NO3/c1-5(9)7(8-2)6(10)4-11-3/h4H2,1-3H3. The van der Waals surface area contributed by atoms with Crippen molar-refractivity contribution in [1.82, 2.24) is 0 Å². The number of ketones is 2. The first-order chi connectivity index (χ1) is 5.13. The van der Waals surface area contributed by atoms with Gasteiger partial charge in [0.2, 0.25) is 5.78 Å². The van der Waals surface area contributed by atoms with Crippen LogP contribution in [0, 0.1) is 0 Å². The number of hydrogen-bond donors (Lipinski definition) is 0. The van der Waals surface area contributed by atoms with Crippen LogP contribution in [0.3, 0.4) is 0 Å². The summed E-state index contributed by atoms with van der Waals surface area (Å²) in [5.74, 6) is -0.697. The fourth-order valence-electron chi connectivity index (χ4n) is 0.678. The van der Waals surface area contributed by atoms with Gasteiger partial charge in [0.15, 0.2) is 5.78 Å². The average Bonchev–Trinajstić information content (AvgIpc) is 1.88. The predicted molar refractivity (Wildman–Crippen MR) is 40.9 cm³/mol. The van der Waals surface area contributed by atoms with Crippen molar-refractivity contribution in [3.05, 3.63) is 0 Å². The Morgan fingerprint density at radius 1 is 1.45 bits per heavy atom. The number of ether oxygens (including phenoxy) is 1. The molecule has 0 atom stereocenters. The summed E-state index contributed by atoms with van der Waals surface area (Å²) in [5.41, 5.74) is -0.0353. The Hall–Kier alpha value is -1.03. The van der Waals surface area contributed by atoms with Crippen molar-refractivity contribution < 1.29 is 14.3 Å². The fraction of sp³-hybridized carbons (Fsp3) is 0.571. The van der Waals surface area contributed by atoms with Crippen LogP contribution in [0.15, 0.2) is 4.99 Å². The number of hydrogen-bond acceptors (Lipinski definition) is 4. The molecular formula is C7H11NO3. The molecule has 0 saturated carbocycles. The lowest BCUT2D eigenvalue weighted by atomic mass is 10.2. The molecule has 0 aromatic carbocycles. The summed E-state index contributed by atoms with van der Waals surface area (Å²) in [6, 6.07) is 0. The van der Waals surface area contributed by atoms with Crippen LogP contribution in [-0.4, -0.2) is 38.0 Å². The maximum atomic E-state index is 10.9. The van der Waals surface area contributed by atoms with Gasteiger partial charge in [0, 0.05) is 21.1 Å². The first-order valence-electron chi connectivity index (χ1n) is 3.13. The number of methoxy groups -OCH3 is 1. The highest BCUT2D eigenvalue weighted by Gasteiger charge is 2.14. The molecule has 0 fully saturated rings. The molecule has 0 aliphatic rings. The van der Waals surface area contributed by atoms with Crippen LogP contribution in [0.2, 0.25) is 0 Å². The van der Waals surface area contributed by atoms with E-state index in [1.54, 1.807) is 0 Å². The summed E-state index contributed by atoms with van der Waals surface area (Å²) >= 11 is 0. The average molecular weight is 157 g/mol. The fourth-order valence-corrected chi connectivity index (χ4v) is 0.678. The van der Waals surface area contributed by atoms with Crippen LogP contribution >= 0.6 is 0 Å². The number of rotatable bonds is 4. The highest BCUT2D eigenvalue weighted by atomic mass is 16.5. The first-order valence-corrected chi connectivity index (χ1v) is 3.13. The van der Waals surface area contributed by atoms with Crippen molar-refractivity contribution >= 4 is 17.3 Å². The normalized spacial score (nSPS) is 11.4. The van der Waals surface area contributed by atoms with Crippen LogP contribution in [0.4, 0.5) is 0 Å². The van der Waals surface area contributed by atoms with E-state index in [-0.39, 0.29) is 23.9 Å². The Kier molecular flexibility index (Phi) is 4.29. The molecule has 62 valence electrons. The minimum absolute atomic E-state index is 0.0353. The maximum absolute atomic E-state index is 10.9. The van der Waals surface area contributed by atoms with E-state index in [4.69, 9.17) is 0 Å². The largest absolute Gasteiger partial charge is 0.376 e. The van der Waals surface area contributed by atoms with Crippen molar-refractivity contribution in [2.24, 2.45) is 4.99 Å². The number of nitrogens with zero attached hydrogens (tertiary/aromatic N) is 1. The molecular weight excluding hydrogens is 146 g/mol. The van der Waals surface area contributed by atoms with E-state index < -0.39 is 0 Å². The quantitative estimate of drug-likeness (QED) is 0.421. The summed E-state index contributed by atoms with van der Waals surface area (Å²) in [6.07, 6.45) is 0. The molecule has 4 nitrogen and oxygen atoms in total. The Bertz CT molecular complexity index is 196. The number of carbonyl (C=O) groups excluding carboxylic acids is 2. The van der Waals surface area contributed by atoms with Gasteiger partial charge in [-0.15, -0.1) is 0 Å². The number of aliphatic imine (C=N–C) groups is 1. The summed E-state index contributed by atoms with van der Waals surface area (Å²) in [7, 11) is 2.80. The van der Waals surface area contributed by atoms with Crippen LogP contribution in [0.1, 0.15) is 6.92 Å². The van der Waals surface area contributed by atoms with Gasteiger partial charge in [0.25, 0.3) is 0 Å². The molecule has 0 rings (SSSR count). The minimum atomic E-state index is -0.373. The van der Waals surface area contributed by atoms with Gasteiger partial charge in [-0.2, -0.15) is 0 Å². The third-order valence-corrected chi connectivity index (χ3v) is 1.10. The highest BCUT2D eigenvalue weighted by Crippen LogP contribution is 1.84. The molecule has 4 heteroatoms. The molecule has 0 unspecified atom stereocenters. The van der Waals surface area contributed by atoms with Crippen LogP contribution < -0.4 is 0 Å². The van der Waals surface area contributed by atoms with Crippen molar-refractivity contribution in [1.29, 1.82) is 0 Å². The molecule has 0 saturated heterocycles. The predicted octanol–water partition coefficient (Wildman–Crippen LogP) is -0.138. The topological polar surface area (TPSA) is 55.7 Å². The smallest absolute Gasteiger partial charge is 0.209 e. The van der Waals surface area contributed by atoms with Gasteiger partial charge < -0.3 is 4.74 Å². The van der Waals surface area contributed by atoms with Crippen molar-refractivity contribution in [3.63, 3.8) is 0 Å². The molecule has 0 heterocycles. The second-order valence-electron chi connectivity index (χ2n) is 1.98. The van der Waals surface area contributed by atoms with Gasteiger partial charge in [0.1, 0.15) is 12.3 Å². The lowest BCUT2D eigenvalue weighted by Gasteiger charge is -1.97. The maximum Gasteiger partial charge on any atom is 0.209 e. The SMILES string of the molecule is CN=C(C(C)=O)C(=O)COC. The Labute approximate surface area is 65.3 Å². The van der Waals surface area contributed by atoms with E-state index in [1.807, 2.05) is 0 Å². The third-order valence-electron chi connectivity index (χ3n) is 1.10. The Morgan fingerprint density at radius 2 is 2.00 bits per heavy atom. The van der Waals surface area contributed by atoms with Gasteiger partial charge in [-0.3, -0.25) is 14.6 Å². The second kappa shape index (κ2) is 4.73. The lowest BCUT2D eigenvalue weighted by Crippen LogP contribution is -2.25. The van der Waals surface area contributed by atoms with Gasteiger partial charge in [-0.25, -0.2) is 0 Å². The summed E-state index contributed by atoms with van der Waals surface area (Å²) in [4.78, 5) is 25.2. The zero-order valence-electron chi connectivity index (χ0n) is 6.88. The molecule has 11 heavy (non-hydrogen) atoms. The van der Waals surface area contributed by atoms with Crippen molar-refractivity contribution in [3.8, 4) is 0 Å². The minimum Gasteiger partial charge on any atom is -0.376 e. The van der Waals surface area contributed by atoms with E-state index in [0.29, 0.717) is 0 Å². The number of Topliss-reactive ketones (excluding diaryl/α,β-unsaturated/α-hetero) is 2. The second-order valence-corrected chi connectivity index (χ2v) is 1.98. The zero-order chi connectivity index (χ0) is 8.85. The monoisotopic (exact) mass is 157 g/mol. The molecule has 0 spiro atoms. The molecule has 0 aromatic heterocycles. The number of carbonyl (C=O) groups is 2. The van der Waals surface area contributed by atoms with Crippen molar-refractivity contribution in [2.75, 3.05) is 20.8 Å². The van der Waals surface area contributed by atoms with E-state index in [2.05, 4.69) is 9.73 Å². The summed E-state index contributed by atoms with van der Waals surface area (Å²) in [6.45, 7) is 1.21. The van der Waals surface area contributed by atoms with Crippen LogP contribution in [0.25, 0.3) is 0 Å². The van der Waals surface area contributed by atoms with E-state index in [9.17, 15) is 9.59 Å². The Balaban J connectivity index is 4.29. The Morgan fingerprint density at radius 3 is 2.27 bits per heavy atom. The van der Waals surface area contributed by atoms with Crippen LogP contribution in [-0.2, 0) is 14.3 Å². The van der Waals surface area contributed by atoms with E-state index >= 15 is 0 Å². The van der Waals surface area contributed by atoms with Gasteiger partial charge in [0.05, 0.1) is 0 Å². The first kappa shape index (κ1) is 9.97. The summed E-state index contributed by atoms with van der Waals surface area (Å²) < 4.78 is 4.55. The molecule has 0 bridgehead atoms. The zero-order valence-corrected chi connectivity index (χ0v) is 6.88. The molecule has 0 aliphatic heterocycles. The third kappa shape index (κ3) is 3.04. The lowest BCUT2D eigenvalue weighted by molar-refractivity contribution is -0.118. The summed E-state index contributed by atoms with van der Waals surface area (Å²) in [5, 5.41) is 0. The van der Waals surface area contributed by atoms with Crippen molar-refractivity contribution in [2.45, 2.75) is 6.92 Å². The van der Waals surface area contributed by atoms with Gasteiger partial charge in [-0.1, -0.05) is 0 Å². The molecule has 0 aromatic rings. The van der Waals surface area contributed by atoms with Crippen LogP contribution in [0.5, 0.6) is 0 Å². The molecule has 0 radical (unpaired) electrons. The van der Waals surface area contributed by atoms with Gasteiger partial charge in [-0.05, 0) is 0 Å². The van der Waals surface area contributed by atoms with E-state index in [0.717, 1.165) is 0 Å². The molecule has 0 amide bonds.